The summed E-state index contributed by atoms with van der Waals surface area (Å²) < 4.78 is 0. The largest absolute Gasteiger partial charge is 0.311 e. The highest BCUT2D eigenvalue weighted by atomic mass is 16.1. The first-order chi connectivity index (χ1) is 9.13. The fourth-order valence-corrected chi connectivity index (χ4v) is 3.70. The molecule has 2 nitrogen and oxygen atoms in total. The molecule has 0 aliphatic carbocycles. The van der Waals surface area contributed by atoms with Gasteiger partial charge in [0.15, 0.2) is 5.78 Å². The van der Waals surface area contributed by atoms with Crippen molar-refractivity contribution >= 4 is 5.78 Å². The smallest absolute Gasteiger partial charge is 0.166 e. The summed E-state index contributed by atoms with van der Waals surface area (Å²) >= 11 is 0. The van der Waals surface area contributed by atoms with Crippen LogP contribution < -0.4 is 5.32 Å². The first kappa shape index (κ1) is 12.9. The van der Waals surface area contributed by atoms with Crippen LogP contribution in [0, 0.1) is 19.8 Å². The van der Waals surface area contributed by atoms with Crippen molar-refractivity contribution in [1.29, 1.82) is 0 Å². The Labute approximate surface area is 115 Å². The number of rotatable bonds is 2. The Morgan fingerprint density at radius 3 is 2.53 bits per heavy atom. The first-order valence-electron chi connectivity index (χ1n) is 7.51. The van der Waals surface area contributed by atoms with Crippen molar-refractivity contribution in [2.24, 2.45) is 5.92 Å². The second kappa shape index (κ2) is 5.09. The number of hydrogen-bond acceptors (Lipinski definition) is 2. The third-order valence-electron chi connectivity index (χ3n) is 4.74. The number of carbonyl (C=O) groups is 1. The Morgan fingerprint density at radius 1 is 1.16 bits per heavy atom. The fraction of sp³-hybridized carbons (Fsp3) is 0.588. The summed E-state index contributed by atoms with van der Waals surface area (Å²) in [6.07, 6.45) is 5.87. The second-order valence-corrected chi connectivity index (χ2v) is 6.34. The average Bonchev–Trinajstić information content (AvgIpc) is 2.40. The summed E-state index contributed by atoms with van der Waals surface area (Å²) in [5, 5.41) is 3.66. The molecule has 3 rings (SSSR count). The molecule has 2 atom stereocenters. The minimum absolute atomic E-state index is 0.233. The zero-order valence-electron chi connectivity index (χ0n) is 11.9. The summed E-state index contributed by atoms with van der Waals surface area (Å²) in [4.78, 5) is 12.8. The molecule has 2 fully saturated rings. The number of hydrogen-bond donors (Lipinski definition) is 1. The number of piperidine rings is 2. The van der Waals surface area contributed by atoms with Gasteiger partial charge in [-0.1, -0.05) is 24.1 Å². The Balaban J connectivity index is 1.82. The molecule has 0 spiro atoms. The third kappa shape index (κ3) is 2.59. The van der Waals surface area contributed by atoms with Gasteiger partial charge in [0.1, 0.15) is 0 Å². The lowest BCUT2D eigenvalue weighted by Gasteiger charge is -2.40. The van der Waals surface area contributed by atoms with Crippen LogP contribution in [0.5, 0.6) is 0 Å². The third-order valence-corrected chi connectivity index (χ3v) is 4.74. The van der Waals surface area contributed by atoms with Crippen LogP contribution >= 0.6 is 0 Å². The van der Waals surface area contributed by atoms with Crippen molar-refractivity contribution in [3.05, 3.63) is 34.9 Å². The number of carbonyl (C=O) groups excluding carboxylic acids is 1. The molecule has 0 radical (unpaired) electrons. The van der Waals surface area contributed by atoms with Gasteiger partial charge in [-0.25, -0.2) is 0 Å². The van der Waals surface area contributed by atoms with Gasteiger partial charge in [0.2, 0.25) is 0 Å². The van der Waals surface area contributed by atoms with Gasteiger partial charge >= 0.3 is 0 Å². The lowest BCUT2D eigenvalue weighted by atomic mass is 9.76. The van der Waals surface area contributed by atoms with Gasteiger partial charge in [-0.15, -0.1) is 0 Å². The lowest BCUT2D eigenvalue weighted by Crippen LogP contribution is -2.50. The van der Waals surface area contributed by atoms with E-state index in [4.69, 9.17) is 0 Å². The fourth-order valence-electron chi connectivity index (χ4n) is 3.70. The van der Waals surface area contributed by atoms with Crippen LogP contribution in [0.15, 0.2) is 18.2 Å². The zero-order chi connectivity index (χ0) is 13.4. The molecule has 19 heavy (non-hydrogen) atoms. The van der Waals surface area contributed by atoms with Gasteiger partial charge in [0, 0.05) is 23.6 Å². The molecule has 1 aromatic rings. The monoisotopic (exact) mass is 257 g/mol. The van der Waals surface area contributed by atoms with Gasteiger partial charge < -0.3 is 5.32 Å². The predicted octanol–water partition coefficient (Wildman–Crippen LogP) is 3.41. The van der Waals surface area contributed by atoms with Crippen LogP contribution in [0.1, 0.15) is 53.6 Å². The van der Waals surface area contributed by atoms with E-state index < -0.39 is 0 Å². The van der Waals surface area contributed by atoms with E-state index in [1.54, 1.807) is 0 Å². The van der Waals surface area contributed by atoms with Gasteiger partial charge in [-0.2, -0.15) is 0 Å². The summed E-state index contributed by atoms with van der Waals surface area (Å²) in [6.45, 7) is 4.11. The quantitative estimate of drug-likeness (QED) is 0.823. The van der Waals surface area contributed by atoms with Gasteiger partial charge in [-0.3, -0.25) is 4.79 Å². The normalized spacial score (nSPS) is 30.1. The number of fused-ring (bicyclic) bond motifs is 2. The molecule has 0 aromatic heterocycles. The second-order valence-electron chi connectivity index (χ2n) is 6.34. The zero-order valence-corrected chi connectivity index (χ0v) is 11.9. The standard InChI is InChI=1S/C17H23NO/c1-11-6-7-12(2)16(8-11)17(19)13-9-14-4-3-5-15(10-13)18-14/h6-8,13-15,18H,3-5,9-10H2,1-2H3. The minimum Gasteiger partial charge on any atom is -0.311 e. The molecule has 2 aliphatic heterocycles. The van der Waals surface area contributed by atoms with Crippen LogP contribution in [-0.4, -0.2) is 17.9 Å². The number of nitrogens with one attached hydrogen (secondary N) is 1. The molecule has 2 aliphatic rings. The number of benzene rings is 1. The average molecular weight is 257 g/mol. The SMILES string of the molecule is Cc1ccc(C)c(C(=O)C2CC3CCCC(C2)N3)c1. The van der Waals surface area contributed by atoms with E-state index >= 15 is 0 Å². The number of Topliss-reactive ketones (excluding diaryl/α,β-unsaturated/α-hetero) is 1. The van der Waals surface area contributed by atoms with Crippen molar-refractivity contribution in [3.8, 4) is 0 Å². The Morgan fingerprint density at radius 2 is 1.84 bits per heavy atom. The Bertz CT molecular complexity index is 482. The Hall–Kier alpha value is -1.15. The van der Waals surface area contributed by atoms with E-state index in [0.717, 1.165) is 24.0 Å². The van der Waals surface area contributed by atoms with E-state index in [2.05, 4.69) is 37.4 Å². The van der Waals surface area contributed by atoms with Crippen molar-refractivity contribution in [2.45, 2.75) is 58.0 Å². The van der Waals surface area contributed by atoms with Crippen LogP contribution in [0.3, 0.4) is 0 Å². The maximum absolute atomic E-state index is 12.8. The maximum Gasteiger partial charge on any atom is 0.166 e. The van der Waals surface area contributed by atoms with E-state index in [9.17, 15) is 4.79 Å². The van der Waals surface area contributed by atoms with E-state index in [-0.39, 0.29) is 5.92 Å². The predicted molar refractivity (Wildman–Crippen MR) is 77.5 cm³/mol. The van der Waals surface area contributed by atoms with E-state index in [0.29, 0.717) is 17.9 Å². The van der Waals surface area contributed by atoms with Crippen molar-refractivity contribution in [1.82, 2.24) is 5.32 Å². The lowest BCUT2D eigenvalue weighted by molar-refractivity contribution is 0.0824. The molecule has 0 saturated carbocycles. The molecule has 1 aromatic carbocycles. The first-order valence-corrected chi connectivity index (χ1v) is 7.51. The minimum atomic E-state index is 0.233. The summed E-state index contributed by atoms with van der Waals surface area (Å²) in [5.74, 6) is 0.608. The molecular formula is C17H23NO. The summed E-state index contributed by atoms with van der Waals surface area (Å²) in [5.41, 5.74) is 3.26. The molecule has 102 valence electrons. The highest BCUT2D eigenvalue weighted by Crippen LogP contribution is 2.32. The Kier molecular flexibility index (Phi) is 3.44. The van der Waals surface area contributed by atoms with E-state index in [1.807, 2.05) is 0 Å². The highest BCUT2D eigenvalue weighted by Gasteiger charge is 2.35. The number of ketones is 1. The molecule has 2 saturated heterocycles. The maximum atomic E-state index is 12.8. The van der Waals surface area contributed by atoms with Crippen LogP contribution in [0.25, 0.3) is 0 Å². The van der Waals surface area contributed by atoms with Gasteiger partial charge in [0.25, 0.3) is 0 Å². The molecule has 2 heteroatoms. The molecule has 2 heterocycles. The molecular weight excluding hydrogens is 234 g/mol. The van der Waals surface area contributed by atoms with Crippen molar-refractivity contribution in [3.63, 3.8) is 0 Å². The van der Waals surface area contributed by atoms with Gasteiger partial charge in [0.05, 0.1) is 0 Å². The summed E-state index contributed by atoms with van der Waals surface area (Å²) in [7, 11) is 0. The van der Waals surface area contributed by atoms with Crippen LogP contribution in [-0.2, 0) is 0 Å². The van der Waals surface area contributed by atoms with Crippen molar-refractivity contribution < 1.29 is 4.79 Å². The van der Waals surface area contributed by atoms with Gasteiger partial charge in [-0.05, 0) is 51.2 Å². The molecule has 0 amide bonds. The number of aryl methyl sites for hydroxylation is 2. The molecule has 1 N–H and O–H groups in total. The van der Waals surface area contributed by atoms with Crippen LogP contribution in [0.2, 0.25) is 0 Å². The highest BCUT2D eigenvalue weighted by molar-refractivity contribution is 5.99. The van der Waals surface area contributed by atoms with Crippen molar-refractivity contribution in [2.75, 3.05) is 0 Å². The molecule has 2 bridgehead atoms. The topological polar surface area (TPSA) is 29.1 Å². The summed E-state index contributed by atoms with van der Waals surface area (Å²) in [6, 6.07) is 7.38. The molecule has 2 unspecified atom stereocenters. The van der Waals surface area contributed by atoms with Crippen LogP contribution in [0.4, 0.5) is 0 Å². The van der Waals surface area contributed by atoms with E-state index in [1.165, 1.54) is 24.8 Å².